The molecule has 1 atom stereocenters. The van der Waals surface area contributed by atoms with Gasteiger partial charge in [-0.05, 0) is 5.56 Å². The van der Waals surface area contributed by atoms with Crippen molar-refractivity contribution in [1.29, 1.82) is 0 Å². The molecule has 0 amide bonds. The Kier molecular flexibility index (Phi) is 5.25. The molecule has 0 saturated heterocycles. The highest BCUT2D eigenvalue weighted by molar-refractivity contribution is 7.09. The molecule has 0 aliphatic carbocycles. The first-order valence-corrected chi connectivity index (χ1v) is 9.67. The first-order chi connectivity index (χ1) is 13.7. The fourth-order valence-electron chi connectivity index (χ4n) is 2.94. The molecule has 4 aromatic rings. The van der Waals surface area contributed by atoms with Gasteiger partial charge in [0.15, 0.2) is 5.69 Å². The Morgan fingerprint density at radius 2 is 1.82 bits per heavy atom. The van der Waals surface area contributed by atoms with Gasteiger partial charge in [0.1, 0.15) is 16.7 Å². The lowest BCUT2D eigenvalue weighted by Crippen LogP contribution is -2.15. The van der Waals surface area contributed by atoms with Gasteiger partial charge in [-0.2, -0.15) is 0 Å². The van der Waals surface area contributed by atoms with E-state index in [9.17, 15) is 4.79 Å². The topological polar surface area (TPSA) is 69.9 Å². The molecule has 2 heterocycles. The number of hydrogen-bond donors (Lipinski definition) is 0. The summed E-state index contributed by atoms with van der Waals surface area (Å²) in [5, 5.41) is 11.2. The van der Waals surface area contributed by atoms with Crippen LogP contribution < -0.4 is 0 Å². The number of methoxy groups -OCH3 is 1. The molecule has 0 bridgehead atoms. The van der Waals surface area contributed by atoms with Crippen LogP contribution in [0, 0.1) is 0 Å². The Balaban J connectivity index is 1.70. The number of thiazole rings is 1. The van der Waals surface area contributed by atoms with Gasteiger partial charge in [-0.25, -0.2) is 14.5 Å². The van der Waals surface area contributed by atoms with E-state index < -0.39 is 5.97 Å². The van der Waals surface area contributed by atoms with Gasteiger partial charge in [0.05, 0.1) is 13.3 Å². The number of carbonyl (C=O) groups is 1. The number of hydrogen-bond acceptors (Lipinski definition) is 6. The molecule has 28 heavy (non-hydrogen) atoms. The van der Waals surface area contributed by atoms with Crippen LogP contribution in [0.5, 0.6) is 0 Å². The Morgan fingerprint density at radius 1 is 1.11 bits per heavy atom. The summed E-state index contributed by atoms with van der Waals surface area (Å²) in [6, 6.07) is 19.9. The highest BCUT2D eigenvalue weighted by Gasteiger charge is 2.22. The van der Waals surface area contributed by atoms with Crippen LogP contribution >= 0.6 is 11.3 Å². The van der Waals surface area contributed by atoms with Crippen molar-refractivity contribution in [2.75, 3.05) is 7.11 Å². The van der Waals surface area contributed by atoms with E-state index in [-0.39, 0.29) is 6.04 Å². The maximum absolute atomic E-state index is 11.8. The van der Waals surface area contributed by atoms with Crippen LogP contribution in [-0.2, 0) is 11.2 Å². The van der Waals surface area contributed by atoms with Crippen LogP contribution in [0.25, 0.3) is 11.3 Å². The summed E-state index contributed by atoms with van der Waals surface area (Å²) in [6.07, 6.45) is 2.61. The summed E-state index contributed by atoms with van der Waals surface area (Å²) >= 11 is 1.42. The second-order valence-electron chi connectivity index (χ2n) is 6.22. The molecule has 6 nitrogen and oxygen atoms in total. The molecule has 0 unspecified atom stereocenters. The second kappa shape index (κ2) is 8.14. The first kappa shape index (κ1) is 18.1. The van der Waals surface area contributed by atoms with Crippen molar-refractivity contribution >= 4 is 17.3 Å². The van der Waals surface area contributed by atoms with Crippen molar-refractivity contribution in [1.82, 2.24) is 20.0 Å². The zero-order valence-corrected chi connectivity index (χ0v) is 16.0. The van der Waals surface area contributed by atoms with Crippen LogP contribution in [0.3, 0.4) is 0 Å². The fraction of sp³-hybridized carbons (Fsp3) is 0.143. The Hall–Kier alpha value is -3.32. The first-order valence-electron chi connectivity index (χ1n) is 8.79. The van der Waals surface area contributed by atoms with E-state index in [1.165, 1.54) is 18.4 Å². The van der Waals surface area contributed by atoms with Crippen molar-refractivity contribution in [2.24, 2.45) is 0 Å². The van der Waals surface area contributed by atoms with Gasteiger partial charge in [-0.3, -0.25) is 0 Å². The average molecular weight is 390 g/mol. The molecule has 140 valence electrons. The minimum absolute atomic E-state index is 0.171. The number of carbonyl (C=O) groups excluding carboxylic acids is 1. The molecule has 4 rings (SSSR count). The molecule has 2 aromatic heterocycles. The normalized spacial score (nSPS) is 11.9. The summed E-state index contributed by atoms with van der Waals surface area (Å²) in [5.74, 6) is -0.440. The van der Waals surface area contributed by atoms with E-state index in [0.29, 0.717) is 12.1 Å². The Labute approximate surface area is 166 Å². The van der Waals surface area contributed by atoms with Gasteiger partial charge in [-0.15, -0.1) is 16.4 Å². The third-order valence-corrected chi connectivity index (χ3v) is 5.32. The summed E-state index contributed by atoms with van der Waals surface area (Å²) in [5.41, 5.74) is 3.26. The monoisotopic (exact) mass is 390 g/mol. The highest BCUT2D eigenvalue weighted by atomic mass is 32.1. The van der Waals surface area contributed by atoms with Crippen molar-refractivity contribution < 1.29 is 9.53 Å². The van der Waals surface area contributed by atoms with E-state index in [0.717, 1.165) is 21.8 Å². The quantitative estimate of drug-likeness (QED) is 0.465. The molecule has 0 radical (unpaired) electrons. The lowest BCUT2D eigenvalue weighted by atomic mass is 10.1. The van der Waals surface area contributed by atoms with E-state index in [1.54, 1.807) is 5.38 Å². The third kappa shape index (κ3) is 3.84. The fourth-order valence-corrected chi connectivity index (χ4v) is 3.82. The van der Waals surface area contributed by atoms with Crippen LogP contribution in [0.1, 0.15) is 27.1 Å². The molecule has 0 saturated carbocycles. The predicted octanol–water partition coefficient (Wildman–Crippen LogP) is 4.02. The molecular weight excluding hydrogens is 372 g/mol. The van der Waals surface area contributed by atoms with Crippen LogP contribution in [-0.4, -0.2) is 33.1 Å². The number of aromatic nitrogens is 4. The zero-order chi connectivity index (χ0) is 19.3. The lowest BCUT2D eigenvalue weighted by molar-refractivity contribution is 0.0594. The minimum Gasteiger partial charge on any atom is -0.464 e. The van der Waals surface area contributed by atoms with Crippen molar-refractivity contribution in [3.8, 4) is 11.3 Å². The maximum atomic E-state index is 11.8. The predicted molar refractivity (Wildman–Crippen MR) is 107 cm³/mol. The Bertz CT molecular complexity index is 1060. The van der Waals surface area contributed by atoms with Crippen molar-refractivity contribution in [2.45, 2.75) is 12.5 Å². The molecule has 7 heteroatoms. The number of nitrogens with zero attached hydrogens (tertiary/aromatic N) is 4. The Morgan fingerprint density at radius 3 is 2.54 bits per heavy atom. The van der Waals surface area contributed by atoms with Crippen molar-refractivity contribution in [3.63, 3.8) is 0 Å². The number of esters is 1. The summed E-state index contributed by atoms with van der Waals surface area (Å²) in [6.45, 7) is 0. The number of benzene rings is 2. The molecule has 2 aromatic carbocycles. The number of rotatable bonds is 6. The summed E-state index contributed by atoms with van der Waals surface area (Å²) < 4.78 is 6.60. The average Bonchev–Trinajstić information content (AvgIpc) is 3.43. The van der Waals surface area contributed by atoms with Gasteiger partial charge in [0, 0.05) is 17.4 Å². The maximum Gasteiger partial charge on any atom is 0.357 e. The smallest absolute Gasteiger partial charge is 0.357 e. The molecule has 0 spiro atoms. The van der Waals surface area contributed by atoms with Gasteiger partial charge in [0.2, 0.25) is 0 Å². The molecular formula is C21H18N4O2S. The summed E-state index contributed by atoms with van der Waals surface area (Å²) in [4.78, 5) is 16.3. The van der Waals surface area contributed by atoms with E-state index in [2.05, 4.69) is 27.4 Å². The highest BCUT2D eigenvalue weighted by Crippen LogP contribution is 2.27. The van der Waals surface area contributed by atoms with E-state index in [1.807, 2.05) is 59.4 Å². The second-order valence-corrected chi connectivity index (χ2v) is 7.11. The van der Waals surface area contributed by atoms with E-state index >= 15 is 0 Å². The van der Waals surface area contributed by atoms with Gasteiger partial charge in [0.25, 0.3) is 0 Å². The standard InChI is InChI=1S/C21H18N4O2S/c1-27-21(26)18-14-28-20(22-18)19(12-15-8-4-2-5-9-15)25-13-17(23-24-25)16-10-6-3-7-11-16/h2-11,13-14,19H,12H2,1H3/t19-/m0/s1. The third-order valence-electron chi connectivity index (χ3n) is 4.37. The van der Waals surface area contributed by atoms with Gasteiger partial charge >= 0.3 is 5.97 Å². The summed E-state index contributed by atoms with van der Waals surface area (Å²) in [7, 11) is 1.35. The molecule has 0 fully saturated rings. The zero-order valence-electron chi connectivity index (χ0n) is 15.2. The number of ether oxygens (including phenoxy) is 1. The SMILES string of the molecule is COC(=O)c1csc([C@H](Cc2ccccc2)n2cc(-c3ccccc3)nn2)n1. The van der Waals surface area contributed by atoms with Crippen LogP contribution in [0.4, 0.5) is 0 Å². The van der Waals surface area contributed by atoms with Gasteiger partial charge in [-0.1, -0.05) is 65.9 Å². The molecule has 0 aliphatic heterocycles. The van der Waals surface area contributed by atoms with Gasteiger partial charge < -0.3 is 4.74 Å². The van der Waals surface area contributed by atoms with Crippen LogP contribution in [0.15, 0.2) is 72.2 Å². The van der Waals surface area contributed by atoms with E-state index in [4.69, 9.17) is 4.74 Å². The molecule has 0 N–H and O–H groups in total. The lowest BCUT2D eigenvalue weighted by Gasteiger charge is -2.14. The minimum atomic E-state index is -0.440. The van der Waals surface area contributed by atoms with Crippen molar-refractivity contribution in [3.05, 3.63) is 88.5 Å². The van der Waals surface area contributed by atoms with Crippen LogP contribution in [0.2, 0.25) is 0 Å². The molecule has 0 aliphatic rings. The largest absolute Gasteiger partial charge is 0.464 e.